The van der Waals surface area contributed by atoms with Crippen molar-refractivity contribution >= 4 is 11.3 Å². The van der Waals surface area contributed by atoms with E-state index in [9.17, 15) is 0 Å². The molecule has 2 aliphatic heterocycles. The quantitative estimate of drug-likeness (QED) is 0.741. The molecule has 2 N–H and O–H groups in total. The minimum absolute atomic E-state index is 0.334. The van der Waals surface area contributed by atoms with Gasteiger partial charge >= 0.3 is 0 Å². The molecule has 2 aliphatic rings. The third-order valence-corrected chi connectivity index (χ3v) is 4.50. The van der Waals surface area contributed by atoms with Crippen molar-refractivity contribution < 1.29 is 4.74 Å². The second-order valence-electron chi connectivity index (χ2n) is 4.60. The van der Waals surface area contributed by atoms with Crippen LogP contribution in [0.1, 0.15) is 22.0 Å². The number of thiophene rings is 1. The summed E-state index contributed by atoms with van der Waals surface area (Å²) in [7, 11) is 2.16. The predicted molar refractivity (Wildman–Crippen MR) is 63.9 cm³/mol. The number of piperazine rings is 1. The largest absolute Gasteiger partial charge is 0.371 e. The van der Waals surface area contributed by atoms with Crippen LogP contribution in [0.25, 0.3) is 0 Å². The number of hydrogen-bond donors (Lipinski definition) is 1. The molecule has 0 radical (unpaired) electrons. The van der Waals surface area contributed by atoms with Crippen molar-refractivity contribution in [2.24, 2.45) is 5.84 Å². The Morgan fingerprint density at radius 2 is 2.31 bits per heavy atom. The SMILES string of the molecule is CN1CCN(N)C(c2csc3c2COC3)C1. The van der Waals surface area contributed by atoms with Gasteiger partial charge in [-0.2, -0.15) is 0 Å². The van der Waals surface area contributed by atoms with Crippen LogP contribution in [0.5, 0.6) is 0 Å². The highest BCUT2D eigenvalue weighted by molar-refractivity contribution is 7.10. The van der Waals surface area contributed by atoms with E-state index in [2.05, 4.69) is 17.3 Å². The molecule has 1 saturated heterocycles. The summed E-state index contributed by atoms with van der Waals surface area (Å²) in [6, 6.07) is 0.334. The summed E-state index contributed by atoms with van der Waals surface area (Å²) < 4.78 is 5.49. The van der Waals surface area contributed by atoms with Gasteiger partial charge in [-0.3, -0.25) is 5.84 Å². The van der Waals surface area contributed by atoms with Crippen LogP contribution in [-0.4, -0.2) is 36.6 Å². The van der Waals surface area contributed by atoms with Crippen LogP contribution >= 0.6 is 11.3 Å². The molecule has 1 atom stereocenters. The summed E-state index contributed by atoms with van der Waals surface area (Å²) >= 11 is 1.81. The molecule has 0 saturated carbocycles. The summed E-state index contributed by atoms with van der Waals surface area (Å²) in [5.41, 5.74) is 2.77. The van der Waals surface area contributed by atoms with Crippen molar-refractivity contribution in [1.82, 2.24) is 9.91 Å². The number of nitrogens with zero attached hydrogens (tertiary/aromatic N) is 2. The van der Waals surface area contributed by atoms with Crippen molar-refractivity contribution in [3.8, 4) is 0 Å². The first kappa shape index (κ1) is 10.7. The molecule has 88 valence electrons. The number of ether oxygens (including phenoxy) is 1. The predicted octanol–water partition coefficient (Wildman–Crippen LogP) is 0.941. The van der Waals surface area contributed by atoms with Gasteiger partial charge in [-0.25, -0.2) is 5.01 Å². The Balaban J connectivity index is 1.90. The normalized spacial score (nSPS) is 27.2. The Bertz CT molecular complexity index is 393. The second-order valence-corrected chi connectivity index (χ2v) is 5.57. The molecule has 0 spiro atoms. The Hall–Kier alpha value is -0.460. The standard InChI is InChI=1S/C11H17N3OS/c1-13-2-3-14(12)10(4-13)9-7-16-11-6-15-5-8(9)11/h7,10H,2-6,12H2,1H3. The summed E-state index contributed by atoms with van der Waals surface area (Å²) in [6.07, 6.45) is 0. The molecule has 0 aromatic carbocycles. The van der Waals surface area contributed by atoms with Gasteiger partial charge in [0.05, 0.1) is 19.3 Å². The first-order valence-electron chi connectivity index (χ1n) is 5.62. The zero-order chi connectivity index (χ0) is 11.1. The van der Waals surface area contributed by atoms with E-state index in [0.717, 1.165) is 32.8 Å². The van der Waals surface area contributed by atoms with Crippen molar-refractivity contribution in [2.45, 2.75) is 19.3 Å². The summed E-state index contributed by atoms with van der Waals surface area (Å²) in [6.45, 7) is 4.55. The van der Waals surface area contributed by atoms with E-state index in [1.54, 1.807) is 0 Å². The fourth-order valence-corrected chi connectivity index (χ4v) is 3.50. The fourth-order valence-electron chi connectivity index (χ4n) is 2.46. The highest BCUT2D eigenvalue weighted by atomic mass is 32.1. The molecule has 1 aromatic rings. The van der Waals surface area contributed by atoms with Crippen molar-refractivity contribution in [2.75, 3.05) is 26.7 Å². The lowest BCUT2D eigenvalue weighted by molar-refractivity contribution is 0.0883. The van der Waals surface area contributed by atoms with Gasteiger partial charge in [0.2, 0.25) is 0 Å². The molecule has 5 heteroatoms. The smallest absolute Gasteiger partial charge is 0.0817 e. The Morgan fingerprint density at radius 3 is 3.19 bits per heavy atom. The minimum Gasteiger partial charge on any atom is -0.371 e. The van der Waals surface area contributed by atoms with Crippen molar-refractivity contribution in [3.63, 3.8) is 0 Å². The average Bonchev–Trinajstić information content (AvgIpc) is 2.83. The maximum atomic E-state index is 6.10. The molecule has 0 aliphatic carbocycles. The summed E-state index contributed by atoms with van der Waals surface area (Å²) in [5.74, 6) is 6.10. The van der Waals surface area contributed by atoms with Gasteiger partial charge in [0.15, 0.2) is 0 Å². The number of hydrogen-bond acceptors (Lipinski definition) is 5. The third-order valence-electron chi connectivity index (χ3n) is 3.48. The fraction of sp³-hybridized carbons (Fsp3) is 0.636. The summed E-state index contributed by atoms with van der Waals surface area (Å²) in [5, 5.41) is 4.23. The molecule has 1 fully saturated rings. The molecule has 16 heavy (non-hydrogen) atoms. The number of nitrogens with two attached hydrogens (primary N) is 1. The second kappa shape index (κ2) is 4.09. The number of likely N-dealkylation sites (N-methyl/N-ethyl adjacent to an activating group) is 1. The molecule has 0 amide bonds. The van der Waals surface area contributed by atoms with Crippen LogP contribution < -0.4 is 5.84 Å². The van der Waals surface area contributed by atoms with Crippen LogP contribution in [0.2, 0.25) is 0 Å². The lowest BCUT2D eigenvalue weighted by Gasteiger charge is -2.37. The van der Waals surface area contributed by atoms with E-state index in [1.807, 2.05) is 16.3 Å². The monoisotopic (exact) mass is 239 g/mol. The first-order valence-corrected chi connectivity index (χ1v) is 6.50. The van der Waals surface area contributed by atoms with Gasteiger partial charge in [-0.15, -0.1) is 11.3 Å². The Morgan fingerprint density at radius 1 is 1.44 bits per heavy atom. The molecule has 3 rings (SSSR count). The summed E-state index contributed by atoms with van der Waals surface area (Å²) in [4.78, 5) is 3.73. The average molecular weight is 239 g/mol. The zero-order valence-corrected chi connectivity index (χ0v) is 10.3. The Kier molecular flexibility index (Phi) is 2.73. The van der Waals surface area contributed by atoms with E-state index >= 15 is 0 Å². The lowest BCUT2D eigenvalue weighted by atomic mass is 10.0. The number of hydrazine groups is 1. The first-order chi connectivity index (χ1) is 7.75. The molecule has 1 unspecified atom stereocenters. The van der Waals surface area contributed by atoms with E-state index < -0.39 is 0 Å². The lowest BCUT2D eigenvalue weighted by Crippen LogP contribution is -2.50. The molecule has 3 heterocycles. The van der Waals surface area contributed by atoms with Crippen LogP contribution in [-0.2, 0) is 18.0 Å². The van der Waals surface area contributed by atoms with E-state index in [-0.39, 0.29) is 0 Å². The van der Waals surface area contributed by atoms with Crippen LogP contribution in [0.4, 0.5) is 0 Å². The maximum absolute atomic E-state index is 6.10. The van der Waals surface area contributed by atoms with Gasteiger partial charge in [0.1, 0.15) is 0 Å². The highest BCUT2D eigenvalue weighted by Gasteiger charge is 2.29. The molecule has 1 aromatic heterocycles. The van der Waals surface area contributed by atoms with E-state index in [1.165, 1.54) is 16.0 Å². The highest BCUT2D eigenvalue weighted by Crippen LogP contribution is 2.35. The van der Waals surface area contributed by atoms with Gasteiger partial charge < -0.3 is 9.64 Å². The van der Waals surface area contributed by atoms with Crippen LogP contribution in [0.15, 0.2) is 5.38 Å². The molecule has 0 bridgehead atoms. The molecular weight excluding hydrogens is 222 g/mol. The molecule has 4 nitrogen and oxygen atoms in total. The zero-order valence-electron chi connectivity index (χ0n) is 9.48. The van der Waals surface area contributed by atoms with E-state index in [4.69, 9.17) is 10.6 Å². The number of fused-ring (bicyclic) bond motifs is 1. The van der Waals surface area contributed by atoms with Gasteiger partial charge in [-0.1, -0.05) is 0 Å². The maximum Gasteiger partial charge on any atom is 0.0817 e. The van der Waals surface area contributed by atoms with Gasteiger partial charge in [0.25, 0.3) is 0 Å². The molecular formula is C11H17N3OS. The third kappa shape index (κ3) is 1.69. The number of rotatable bonds is 1. The van der Waals surface area contributed by atoms with Crippen LogP contribution in [0.3, 0.4) is 0 Å². The Labute approximate surface area is 99.6 Å². The van der Waals surface area contributed by atoms with Crippen molar-refractivity contribution in [1.29, 1.82) is 0 Å². The van der Waals surface area contributed by atoms with Crippen molar-refractivity contribution in [3.05, 3.63) is 21.4 Å². The van der Waals surface area contributed by atoms with E-state index in [0.29, 0.717) is 6.04 Å². The van der Waals surface area contributed by atoms with Gasteiger partial charge in [0, 0.05) is 24.5 Å². The van der Waals surface area contributed by atoms with Crippen LogP contribution in [0, 0.1) is 0 Å². The topological polar surface area (TPSA) is 41.7 Å². The van der Waals surface area contributed by atoms with Gasteiger partial charge in [-0.05, 0) is 23.6 Å². The minimum atomic E-state index is 0.334.